The molecule has 0 nitrogen and oxygen atoms in total. The van der Waals surface area contributed by atoms with E-state index < -0.39 is 0 Å². The maximum atomic E-state index is 6.05. The Labute approximate surface area is 95.3 Å². The summed E-state index contributed by atoms with van der Waals surface area (Å²) in [4.78, 5) is 0. The lowest BCUT2D eigenvalue weighted by Gasteiger charge is -2.08. The minimum absolute atomic E-state index is 0.494. The third-order valence-electron chi connectivity index (χ3n) is 3.46. The lowest BCUT2D eigenvalue weighted by Crippen LogP contribution is -1.91. The van der Waals surface area contributed by atoms with Crippen molar-refractivity contribution in [2.24, 2.45) is 0 Å². The van der Waals surface area contributed by atoms with Gasteiger partial charge < -0.3 is 0 Å². The average Bonchev–Trinajstić information content (AvgIpc) is 2.72. The van der Waals surface area contributed by atoms with Gasteiger partial charge in [0.1, 0.15) is 0 Å². The lowest BCUT2D eigenvalue weighted by atomic mass is 9.97. The Bertz CT molecular complexity index is 490. The Balaban J connectivity index is 2.24. The van der Waals surface area contributed by atoms with Gasteiger partial charge in [-0.05, 0) is 42.7 Å². The Hall–Kier alpha value is -1.01. The minimum Gasteiger partial charge on any atom is -0.0843 e. The first-order chi connectivity index (χ1) is 7.18. The van der Waals surface area contributed by atoms with Gasteiger partial charge in [0.05, 0.1) is 0 Å². The second-order valence-electron chi connectivity index (χ2n) is 4.57. The van der Waals surface area contributed by atoms with Crippen LogP contribution in [-0.4, -0.2) is 0 Å². The number of halogens is 1. The summed E-state index contributed by atoms with van der Waals surface area (Å²) in [5.41, 5.74) is 5.86. The van der Waals surface area contributed by atoms with Gasteiger partial charge in [-0.2, -0.15) is 0 Å². The largest absolute Gasteiger partial charge is 0.0843 e. The Morgan fingerprint density at radius 2 is 1.73 bits per heavy atom. The summed E-state index contributed by atoms with van der Waals surface area (Å²) in [7, 11) is 0. The normalized spacial score (nSPS) is 25.9. The molecule has 0 unspecified atom stereocenters. The number of benzene rings is 1. The van der Waals surface area contributed by atoms with E-state index in [1.54, 1.807) is 5.57 Å². The molecule has 0 N–H and O–H groups in total. The van der Waals surface area contributed by atoms with Gasteiger partial charge in [0.2, 0.25) is 0 Å². The molecule has 0 fully saturated rings. The van der Waals surface area contributed by atoms with Crippen LogP contribution in [-0.2, 0) is 0 Å². The van der Waals surface area contributed by atoms with Gasteiger partial charge in [-0.25, -0.2) is 0 Å². The molecule has 0 radical (unpaired) electrons. The van der Waals surface area contributed by atoms with Crippen LogP contribution in [0.2, 0.25) is 5.02 Å². The van der Waals surface area contributed by atoms with E-state index in [0.717, 1.165) is 5.02 Å². The third-order valence-corrected chi connectivity index (χ3v) is 3.70. The van der Waals surface area contributed by atoms with Crippen molar-refractivity contribution in [3.8, 4) is 0 Å². The van der Waals surface area contributed by atoms with Gasteiger partial charge >= 0.3 is 0 Å². The highest BCUT2D eigenvalue weighted by atomic mass is 35.5. The Morgan fingerprint density at radius 3 is 2.40 bits per heavy atom. The molecule has 2 atom stereocenters. The molecule has 0 amide bonds. The molecule has 76 valence electrons. The monoisotopic (exact) mass is 216 g/mol. The number of rotatable bonds is 0. The lowest BCUT2D eigenvalue weighted by molar-refractivity contribution is 0.992. The molecular weight excluding hydrogens is 204 g/mol. The molecule has 0 aliphatic heterocycles. The van der Waals surface area contributed by atoms with Crippen molar-refractivity contribution < 1.29 is 0 Å². The molecule has 0 saturated carbocycles. The summed E-state index contributed by atoms with van der Waals surface area (Å²) in [5, 5.41) is 0.850. The molecule has 0 heterocycles. The first kappa shape index (κ1) is 9.23. The van der Waals surface area contributed by atoms with Gasteiger partial charge in [0.15, 0.2) is 0 Å². The van der Waals surface area contributed by atoms with Gasteiger partial charge in [0, 0.05) is 16.9 Å². The zero-order chi connectivity index (χ0) is 10.6. The van der Waals surface area contributed by atoms with E-state index >= 15 is 0 Å². The van der Waals surface area contributed by atoms with Crippen LogP contribution in [0.4, 0.5) is 0 Å². The van der Waals surface area contributed by atoms with Crippen molar-refractivity contribution in [1.82, 2.24) is 0 Å². The summed E-state index contributed by atoms with van der Waals surface area (Å²) >= 11 is 6.05. The van der Waals surface area contributed by atoms with E-state index in [0.29, 0.717) is 11.8 Å². The maximum absolute atomic E-state index is 6.05. The molecule has 3 rings (SSSR count). The second kappa shape index (κ2) is 2.99. The second-order valence-corrected chi connectivity index (χ2v) is 5.01. The molecule has 1 heteroatoms. The van der Waals surface area contributed by atoms with Gasteiger partial charge in [0.25, 0.3) is 0 Å². The highest BCUT2D eigenvalue weighted by Gasteiger charge is 2.37. The van der Waals surface area contributed by atoms with Gasteiger partial charge in [-0.15, -0.1) is 0 Å². The summed E-state index contributed by atoms with van der Waals surface area (Å²) in [5.74, 6) is 1.01. The van der Waals surface area contributed by atoms with Crippen LogP contribution in [0.15, 0.2) is 41.5 Å². The van der Waals surface area contributed by atoms with Gasteiger partial charge in [-0.1, -0.05) is 35.4 Å². The van der Waals surface area contributed by atoms with Crippen LogP contribution in [0.25, 0.3) is 0 Å². The fourth-order valence-corrected chi connectivity index (χ4v) is 3.07. The van der Waals surface area contributed by atoms with E-state index in [1.807, 2.05) is 6.07 Å². The topological polar surface area (TPSA) is 0 Å². The first-order valence-electron chi connectivity index (χ1n) is 5.33. The molecule has 15 heavy (non-hydrogen) atoms. The van der Waals surface area contributed by atoms with Crippen LogP contribution < -0.4 is 0 Å². The molecule has 1 aromatic carbocycles. The number of fused-ring (bicyclic) bond motifs is 5. The van der Waals surface area contributed by atoms with Crippen molar-refractivity contribution in [2.75, 3.05) is 0 Å². The molecule has 2 aliphatic rings. The molecular formula is C14H13Cl. The predicted octanol–water partition coefficient (Wildman–Crippen LogP) is 4.43. The van der Waals surface area contributed by atoms with Crippen LogP contribution in [0, 0.1) is 0 Å². The molecule has 2 aliphatic carbocycles. The van der Waals surface area contributed by atoms with E-state index in [9.17, 15) is 0 Å². The minimum atomic E-state index is 0.494. The molecule has 0 spiro atoms. The highest BCUT2D eigenvalue weighted by molar-refractivity contribution is 6.30. The summed E-state index contributed by atoms with van der Waals surface area (Å²) in [6.07, 6.45) is 4.63. The van der Waals surface area contributed by atoms with Crippen LogP contribution >= 0.6 is 11.6 Å². The highest BCUT2D eigenvalue weighted by Crippen LogP contribution is 2.53. The number of hydrogen-bond acceptors (Lipinski definition) is 0. The van der Waals surface area contributed by atoms with Crippen LogP contribution in [0.5, 0.6) is 0 Å². The third kappa shape index (κ3) is 1.15. The molecule has 0 aromatic heterocycles. The standard InChI is InChI=1S/C14H13Cl/c1-8(2)14-11-5-6-12(14)13-7-9(15)3-4-10(11)13/h3-7,11-12H,1-2H3/t11-,12+/m0/s1. The van der Waals surface area contributed by atoms with E-state index in [4.69, 9.17) is 11.6 Å². The SMILES string of the molecule is CC(C)=C1[C@H]2C=C[C@@H]1c1cc(Cl)ccc12. The van der Waals surface area contributed by atoms with Gasteiger partial charge in [-0.3, -0.25) is 0 Å². The molecule has 1 aromatic rings. The Morgan fingerprint density at radius 1 is 1.07 bits per heavy atom. The zero-order valence-corrected chi connectivity index (χ0v) is 9.68. The van der Waals surface area contributed by atoms with Crippen molar-refractivity contribution in [3.63, 3.8) is 0 Å². The summed E-state index contributed by atoms with van der Waals surface area (Å²) in [6, 6.07) is 6.29. The van der Waals surface area contributed by atoms with E-state index in [1.165, 1.54) is 16.7 Å². The smallest absolute Gasteiger partial charge is 0.0409 e. The first-order valence-corrected chi connectivity index (χ1v) is 5.71. The zero-order valence-electron chi connectivity index (χ0n) is 8.92. The molecule has 2 bridgehead atoms. The van der Waals surface area contributed by atoms with Crippen molar-refractivity contribution in [3.05, 3.63) is 57.6 Å². The number of hydrogen-bond donors (Lipinski definition) is 0. The fraction of sp³-hybridized carbons (Fsp3) is 0.286. The summed E-state index contributed by atoms with van der Waals surface area (Å²) < 4.78 is 0. The summed E-state index contributed by atoms with van der Waals surface area (Å²) in [6.45, 7) is 4.41. The quantitative estimate of drug-likeness (QED) is 0.563. The van der Waals surface area contributed by atoms with E-state index in [-0.39, 0.29) is 0 Å². The fourth-order valence-electron chi connectivity index (χ4n) is 2.89. The van der Waals surface area contributed by atoms with Crippen LogP contribution in [0.1, 0.15) is 36.8 Å². The van der Waals surface area contributed by atoms with Crippen molar-refractivity contribution in [2.45, 2.75) is 25.7 Å². The number of allylic oxidation sites excluding steroid dienone is 4. The van der Waals surface area contributed by atoms with Crippen LogP contribution in [0.3, 0.4) is 0 Å². The van der Waals surface area contributed by atoms with Crippen molar-refractivity contribution >= 4 is 11.6 Å². The maximum Gasteiger partial charge on any atom is 0.0409 e. The Kier molecular flexibility index (Phi) is 1.84. The average molecular weight is 217 g/mol. The predicted molar refractivity (Wildman–Crippen MR) is 64.4 cm³/mol. The van der Waals surface area contributed by atoms with Crippen molar-refractivity contribution in [1.29, 1.82) is 0 Å². The molecule has 0 saturated heterocycles. The van der Waals surface area contributed by atoms with E-state index in [2.05, 4.69) is 38.1 Å².